The molecule has 0 unspecified atom stereocenters. The molecule has 0 saturated carbocycles. The predicted molar refractivity (Wildman–Crippen MR) is 121 cm³/mol. The quantitative estimate of drug-likeness (QED) is 0.496. The summed E-state index contributed by atoms with van der Waals surface area (Å²) in [6.07, 6.45) is 0.459. The number of piperidine rings is 1. The number of carbonyl (C=O) groups is 2. The Morgan fingerprint density at radius 2 is 1.81 bits per heavy atom. The molecule has 1 N–H and O–H groups in total. The largest absolute Gasteiger partial charge is 0.467 e. The topological polar surface area (TPSA) is 85.3 Å². The van der Waals surface area contributed by atoms with Crippen LogP contribution in [0.5, 0.6) is 0 Å². The first kappa shape index (κ1) is 25.4. The molecule has 1 aliphatic rings. The molecule has 7 nitrogen and oxygen atoms in total. The van der Waals surface area contributed by atoms with E-state index in [4.69, 9.17) is 13.9 Å². The minimum atomic E-state index is -2.13. The van der Waals surface area contributed by atoms with E-state index in [1.54, 1.807) is 0 Å². The predicted octanol–water partition coefficient (Wildman–Crippen LogP) is 4.10. The van der Waals surface area contributed by atoms with Crippen LogP contribution in [0.4, 0.5) is 4.79 Å². The first-order valence-corrected chi connectivity index (χ1v) is 13.8. The summed E-state index contributed by atoms with van der Waals surface area (Å²) in [4.78, 5) is 27.1. The molecule has 0 aromatic heterocycles. The van der Waals surface area contributed by atoms with Crippen LogP contribution >= 0.6 is 0 Å². The molecule has 1 fully saturated rings. The zero-order chi connectivity index (χ0) is 23.2. The van der Waals surface area contributed by atoms with Crippen LogP contribution in [0.2, 0.25) is 18.1 Å². The molecule has 1 heterocycles. The number of hydrogen-bond acceptors (Lipinski definition) is 6. The van der Waals surface area contributed by atoms with Crippen LogP contribution in [0, 0.1) is 0 Å². The van der Waals surface area contributed by atoms with Crippen molar-refractivity contribution in [3.63, 3.8) is 0 Å². The number of carbonyl (C=O) groups excluding carboxylic acids is 2. The van der Waals surface area contributed by atoms with E-state index in [-0.39, 0.29) is 24.4 Å². The third kappa shape index (κ3) is 6.30. The van der Waals surface area contributed by atoms with Gasteiger partial charge in [-0.05, 0) is 43.0 Å². The Hall–Kier alpha value is -1.90. The van der Waals surface area contributed by atoms with Gasteiger partial charge in [-0.15, -0.1) is 0 Å². The van der Waals surface area contributed by atoms with Gasteiger partial charge >= 0.3 is 12.1 Å². The minimum Gasteiger partial charge on any atom is -0.467 e. The summed E-state index contributed by atoms with van der Waals surface area (Å²) in [5, 5.41) is 9.74. The molecule has 1 saturated heterocycles. The summed E-state index contributed by atoms with van der Waals surface area (Å²) in [5.41, 5.74) is 0.857. The van der Waals surface area contributed by atoms with Gasteiger partial charge in [-0.2, -0.15) is 0 Å². The Labute approximate surface area is 186 Å². The van der Waals surface area contributed by atoms with E-state index in [0.717, 1.165) is 5.56 Å². The minimum absolute atomic E-state index is 0.00535. The number of aliphatic hydroxyl groups excluding tert-OH is 1. The van der Waals surface area contributed by atoms with Crippen LogP contribution in [0.1, 0.15) is 45.6 Å². The molecule has 0 spiro atoms. The summed E-state index contributed by atoms with van der Waals surface area (Å²) in [5.74, 6) is -0.481. The van der Waals surface area contributed by atoms with Crippen LogP contribution in [-0.4, -0.2) is 62.3 Å². The van der Waals surface area contributed by atoms with Crippen molar-refractivity contribution in [2.45, 2.75) is 83.0 Å². The van der Waals surface area contributed by atoms with Crippen molar-refractivity contribution in [1.82, 2.24) is 4.90 Å². The third-order valence-corrected chi connectivity index (χ3v) is 10.9. The number of nitrogens with zero attached hydrogens (tertiary/aromatic N) is 1. The lowest BCUT2D eigenvalue weighted by Crippen LogP contribution is -2.61. The number of hydrogen-bond donors (Lipinski definition) is 1. The molecule has 1 aliphatic heterocycles. The molecule has 0 bridgehead atoms. The normalized spacial score (nSPS) is 22.2. The van der Waals surface area contributed by atoms with Crippen molar-refractivity contribution < 1.29 is 28.6 Å². The monoisotopic (exact) mass is 451 g/mol. The molecule has 3 atom stereocenters. The highest BCUT2D eigenvalue weighted by Crippen LogP contribution is 2.40. The zero-order valence-electron chi connectivity index (χ0n) is 19.6. The molecule has 0 aliphatic carbocycles. The molecule has 2 rings (SSSR count). The van der Waals surface area contributed by atoms with Gasteiger partial charge in [0.05, 0.1) is 19.3 Å². The lowest BCUT2D eigenvalue weighted by atomic mass is 9.91. The molecule has 1 amide bonds. The fourth-order valence-corrected chi connectivity index (χ4v) is 5.02. The van der Waals surface area contributed by atoms with E-state index in [9.17, 15) is 14.7 Å². The zero-order valence-corrected chi connectivity index (χ0v) is 20.6. The van der Waals surface area contributed by atoms with Crippen LogP contribution in [0.15, 0.2) is 30.3 Å². The molecule has 8 heteroatoms. The molecule has 174 valence electrons. The molecular weight excluding hydrogens is 414 g/mol. The summed E-state index contributed by atoms with van der Waals surface area (Å²) in [6, 6.07) is 8.15. The number of aliphatic hydroxyl groups is 1. The van der Waals surface area contributed by atoms with E-state index < -0.39 is 32.5 Å². The highest BCUT2D eigenvalue weighted by Gasteiger charge is 2.48. The fourth-order valence-electron chi connectivity index (χ4n) is 3.64. The Bertz CT molecular complexity index is 733. The summed E-state index contributed by atoms with van der Waals surface area (Å²) in [6.45, 7) is 10.8. The van der Waals surface area contributed by atoms with Crippen molar-refractivity contribution in [3.05, 3.63) is 35.9 Å². The van der Waals surface area contributed by atoms with Crippen molar-refractivity contribution in [3.8, 4) is 0 Å². The number of amides is 1. The SMILES string of the molecule is COC(=O)[C@@H]1CC[C@H](O[Si](C)(C)C(C)(C)C)[C@H](CCO)N1C(=O)OCc1ccccc1. The number of ether oxygens (including phenoxy) is 2. The van der Waals surface area contributed by atoms with Crippen LogP contribution in [0.25, 0.3) is 0 Å². The van der Waals surface area contributed by atoms with Gasteiger partial charge in [-0.25, -0.2) is 9.59 Å². The molecule has 0 radical (unpaired) electrons. The average Bonchev–Trinajstić information content (AvgIpc) is 2.72. The second-order valence-electron chi connectivity index (χ2n) is 9.56. The number of rotatable bonds is 7. The Morgan fingerprint density at radius 3 is 2.35 bits per heavy atom. The first-order chi connectivity index (χ1) is 14.5. The van der Waals surface area contributed by atoms with Gasteiger partial charge in [0, 0.05) is 6.61 Å². The van der Waals surface area contributed by atoms with Gasteiger partial charge in [-0.1, -0.05) is 51.1 Å². The van der Waals surface area contributed by atoms with Gasteiger partial charge in [-0.3, -0.25) is 4.90 Å². The number of likely N-dealkylation sites (tertiary alicyclic amines) is 1. The van der Waals surface area contributed by atoms with Gasteiger partial charge in [0.2, 0.25) is 0 Å². The first-order valence-electron chi connectivity index (χ1n) is 10.9. The standard InChI is InChI=1S/C23H37NO6Si/c1-23(2,3)31(5,6)30-20-13-12-19(21(26)28-4)24(18(20)14-15-25)22(27)29-16-17-10-8-7-9-11-17/h7-11,18-20,25H,12-16H2,1-6H3/t18-,19-,20-/m0/s1. The van der Waals surface area contributed by atoms with Crippen molar-refractivity contribution in [2.24, 2.45) is 0 Å². The van der Waals surface area contributed by atoms with E-state index in [1.165, 1.54) is 12.0 Å². The lowest BCUT2D eigenvalue weighted by molar-refractivity contribution is -0.151. The van der Waals surface area contributed by atoms with Crippen LogP contribution < -0.4 is 0 Å². The molecule has 1 aromatic rings. The van der Waals surface area contributed by atoms with E-state index >= 15 is 0 Å². The smallest absolute Gasteiger partial charge is 0.411 e. The maximum absolute atomic E-state index is 13.2. The summed E-state index contributed by atoms with van der Waals surface area (Å²) < 4.78 is 17.2. The molecule has 1 aromatic carbocycles. The second-order valence-corrected chi connectivity index (χ2v) is 14.3. The summed E-state index contributed by atoms with van der Waals surface area (Å²) >= 11 is 0. The van der Waals surface area contributed by atoms with Crippen LogP contribution in [0.3, 0.4) is 0 Å². The van der Waals surface area contributed by atoms with Gasteiger partial charge in [0.1, 0.15) is 12.6 Å². The van der Waals surface area contributed by atoms with Crippen molar-refractivity contribution in [1.29, 1.82) is 0 Å². The van der Waals surface area contributed by atoms with Gasteiger partial charge < -0.3 is 19.0 Å². The van der Waals surface area contributed by atoms with E-state index in [0.29, 0.717) is 19.3 Å². The molecular formula is C23H37NO6Si. The number of benzene rings is 1. The Balaban J connectivity index is 2.29. The number of esters is 1. The number of methoxy groups -OCH3 is 1. The van der Waals surface area contributed by atoms with E-state index in [2.05, 4.69) is 33.9 Å². The van der Waals surface area contributed by atoms with Gasteiger partial charge in [0.25, 0.3) is 0 Å². The maximum atomic E-state index is 13.2. The third-order valence-electron chi connectivity index (χ3n) is 6.41. The lowest BCUT2D eigenvalue weighted by Gasteiger charge is -2.48. The van der Waals surface area contributed by atoms with Crippen molar-refractivity contribution in [2.75, 3.05) is 13.7 Å². The summed E-state index contributed by atoms with van der Waals surface area (Å²) in [7, 11) is -0.818. The average molecular weight is 452 g/mol. The van der Waals surface area contributed by atoms with Gasteiger partial charge in [0.15, 0.2) is 8.32 Å². The van der Waals surface area contributed by atoms with E-state index in [1.807, 2.05) is 30.3 Å². The fraction of sp³-hybridized carbons (Fsp3) is 0.652. The van der Waals surface area contributed by atoms with Crippen molar-refractivity contribution >= 4 is 20.4 Å². The van der Waals surface area contributed by atoms with Crippen LogP contribution in [-0.2, 0) is 25.3 Å². The maximum Gasteiger partial charge on any atom is 0.411 e. The molecule has 31 heavy (non-hydrogen) atoms. The highest BCUT2D eigenvalue weighted by atomic mass is 28.4. The Kier molecular flexibility index (Phi) is 8.68. The Morgan fingerprint density at radius 1 is 1.16 bits per heavy atom. The highest BCUT2D eigenvalue weighted by molar-refractivity contribution is 6.74. The second kappa shape index (κ2) is 10.6.